The first kappa shape index (κ1) is 15.0. The molecule has 1 heterocycles. The molecule has 2 nitrogen and oxygen atoms in total. The van der Waals surface area contributed by atoms with E-state index in [4.69, 9.17) is 0 Å². The SMILES string of the molecule is C[C@H]1CC(Nc2cccc(F)c2)CCN1Cc1ccccc1. The summed E-state index contributed by atoms with van der Waals surface area (Å²) in [5.74, 6) is -0.181. The fourth-order valence-corrected chi connectivity index (χ4v) is 3.22. The molecular formula is C19H23FN2. The highest BCUT2D eigenvalue weighted by Gasteiger charge is 2.25. The number of likely N-dealkylation sites (tertiary alicyclic amines) is 1. The molecule has 22 heavy (non-hydrogen) atoms. The number of benzene rings is 2. The highest BCUT2D eigenvalue weighted by atomic mass is 19.1. The molecule has 1 N–H and O–H groups in total. The summed E-state index contributed by atoms with van der Waals surface area (Å²) in [5.41, 5.74) is 2.25. The highest BCUT2D eigenvalue weighted by molar-refractivity contribution is 5.44. The molecule has 1 saturated heterocycles. The lowest BCUT2D eigenvalue weighted by Gasteiger charge is -2.38. The van der Waals surface area contributed by atoms with Crippen molar-refractivity contribution < 1.29 is 4.39 Å². The Kier molecular flexibility index (Phi) is 4.74. The largest absolute Gasteiger partial charge is 0.382 e. The van der Waals surface area contributed by atoms with Crippen molar-refractivity contribution in [2.75, 3.05) is 11.9 Å². The zero-order chi connectivity index (χ0) is 15.4. The van der Waals surface area contributed by atoms with Gasteiger partial charge in [-0.1, -0.05) is 36.4 Å². The second-order valence-electron chi connectivity index (χ2n) is 6.18. The van der Waals surface area contributed by atoms with Crippen molar-refractivity contribution in [3.63, 3.8) is 0 Å². The van der Waals surface area contributed by atoms with Gasteiger partial charge in [0.15, 0.2) is 0 Å². The third-order valence-electron chi connectivity index (χ3n) is 4.44. The van der Waals surface area contributed by atoms with Crippen molar-refractivity contribution in [1.82, 2.24) is 4.90 Å². The van der Waals surface area contributed by atoms with Crippen molar-refractivity contribution in [3.8, 4) is 0 Å². The number of nitrogens with one attached hydrogen (secondary N) is 1. The molecule has 1 aliphatic rings. The zero-order valence-electron chi connectivity index (χ0n) is 13.0. The minimum atomic E-state index is -0.181. The van der Waals surface area contributed by atoms with Crippen molar-refractivity contribution >= 4 is 5.69 Å². The summed E-state index contributed by atoms with van der Waals surface area (Å²) in [4.78, 5) is 2.53. The molecular weight excluding hydrogens is 275 g/mol. The van der Waals surface area contributed by atoms with Crippen LogP contribution < -0.4 is 5.32 Å². The van der Waals surface area contributed by atoms with Gasteiger partial charge < -0.3 is 5.32 Å². The van der Waals surface area contributed by atoms with Gasteiger partial charge in [-0.2, -0.15) is 0 Å². The van der Waals surface area contributed by atoms with Crippen LogP contribution in [-0.4, -0.2) is 23.5 Å². The monoisotopic (exact) mass is 298 g/mol. The van der Waals surface area contributed by atoms with Crippen LogP contribution in [0, 0.1) is 5.82 Å². The van der Waals surface area contributed by atoms with Crippen LogP contribution in [0.3, 0.4) is 0 Å². The fourth-order valence-electron chi connectivity index (χ4n) is 3.22. The number of nitrogens with zero attached hydrogens (tertiary/aromatic N) is 1. The summed E-state index contributed by atoms with van der Waals surface area (Å²) < 4.78 is 13.3. The number of hydrogen-bond donors (Lipinski definition) is 1. The van der Waals surface area contributed by atoms with Crippen LogP contribution in [0.15, 0.2) is 54.6 Å². The molecule has 0 aromatic heterocycles. The van der Waals surface area contributed by atoms with Crippen molar-refractivity contribution in [3.05, 3.63) is 66.0 Å². The summed E-state index contributed by atoms with van der Waals surface area (Å²) in [6.07, 6.45) is 2.18. The smallest absolute Gasteiger partial charge is 0.125 e. The van der Waals surface area contributed by atoms with Crippen molar-refractivity contribution in [1.29, 1.82) is 0 Å². The summed E-state index contributed by atoms with van der Waals surface area (Å²) >= 11 is 0. The topological polar surface area (TPSA) is 15.3 Å². The van der Waals surface area contributed by atoms with Gasteiger partial charge in [0.2, 0.25) is 0 Å². The molecule has 3 heteroatoms. The molecule has 1 fully saturated rings. The third kappa shape index (κ3) is 3.86. The predicted molar refractivity (Wildman–Crippen MR) is 89.4 cm³/mol. The Balaban J connectivity index is 1.56. The minimum Gasteiger partial charge on any atom is -0.382 e. The molecule has 0 bridgehead atoms. The molecule has 116 valence electrons. The Morgan fingerprint density at radius 3 is 2.68 bits per heavy atom. The lowest BCUT2D eigenvalue weighted by Crippen LogP contribution is -2.44. The molecule has 0 saturated carbocycles. The van der Waals surface area contributed by atoms with Gasteiger partial charge in [0.1, 0.15) is 5.82 Å². The van der Waals surface area contributed by atoms with E-state index in [0.717, 1.165) is 31.6 Å². The number of hydrogen-bond acceptors (Lipinski definition) is 2. The standard InChI is InChI=1S/C19H23FN2/c1-15-12-19(21-18-9-5-8-17(20)13-18)10-11-22(15)14-16-6-3-2-4-7-16/h2-9,13,15,19,21H,10-12,14H2,1H3/t15-,19?/m0/s1. The van der Waals surface area contributed by atoms with Crippen molar-refractivity contribution in [2.24, 2.45) is 0 Å². The van der Waals surface area contributed by atoms with Gasteiger partial charge >= 0.3 is 0 Å². The van der Waals surface area contributed by atoms with Crippen LogP contribution in [0.25, 0.3) is 0 Å². The van der Waals surface area contributed by atoms with Gasteiger partial charge in [-0.3, -0.25) is 4.90 Å². The van der Waals surface area contributed by atoms with Crippen LogP contribution >= 0.6 is 0 Å². The molecule has 2 aromatic carbocycles. The number of rotatable bonds is 4. The second-order valence-corrected chi connectivity index (χ2v) is 6.18. The average Bonchev–Trinajstić information content (AvgIpc) is 2.51. The average molecular weight is 298 g/mol. The zero-order valence-corrected chi connectivity index (χ0v) is 13.0. The molecule has 2 atom stereocenters. The number of halogens is 1. The Hall–Kier alpha value is -1.87. The Morgan fingerprint density at radius 1 is 1.14 bits per heavy atom. The third-order valence-corrected chi connectivity index (χ3v) is 4.44. The van der Waals surface area contributed by atoms with Gasteiger partial charge in [-0.25, -0.2) is 4.39 Å². The lowest BCUT2D eigenvalue weighted by atomic mass is 9.97. The van der Waals surface area contributed by atoms with Crippen LogP contribution in [0.2, 0.25) is 0 Å². The van der Waals surface area contributed by atoms with Crippen LogP contribution in [-0.2, 0) is 6.54 Å². The Bertz CT molecular complexity index is 599. The van der Waals surface area contributed by atoms with Crippen LogP contribution in [0.5, 0.6) is 0 Å². The maximum Gasteiger partial charge on any atom is 0.125 e. The molecule has 1 unspecified atom stereocenters. The van der Waals surface area contributed by atoms with E-state index in [-0.39, 0.29) is 5.82 Å². The van der Waals surface area contributed by atoms with E-state index in [0.29, 0.717) is 12.1 Å². The van der Waals surface area contributed by atoms with E-state index in [9.17, 15) is 4.39 Å². The first-order valence-electron chi connectivity index (χ1n) is 8.01. The summed E-state index contributed by atoms with van der Waals surface area (Å²) in [5, 5.41) is 3.47. The van der Waals surface area contributed by atoms with E-state index >= 15 is 0 Å². The normalized spacial score (nSPS) is 22.5. The van der Waals surface area contributed by atoms with Crippen LogP contribution in [0.1, 0.15) is 25.3 Å². The van der Waals surface area contributed by atoms with E-state index < -0.39 is 0 Å². The van der Waals surface area contributed by atoms with E-state index in [2.05, 4.69) is 47.5 Å². The van der Waals surface area contributed by atoms with E-state index in [1.165, 1.54) is 11.6 Å². The lowest BCUT2D eigenvalue weighted by molar-refractivity contribution is 0.144. The maximum atomic E-state index is 13.3. The number of piperidine rings is 1. The van der Waals surface area contributed by atoms with Gasteiger partial charge in [0.25, 0.3) is 0 Å². The quantitative estimate of drug-likeness (QED) is 0.906. The molecule has 2 aromatic rings. The molecule has 0 aliphatic carbocycles. The predicted octanol–water partition coefficient (Wildman–Crippen LogP) is 4.29. The molecule has 3 rings (SSSR count). The van der Waals surface area contributed by atoms with Gasteiger partial charge in [-0.05, 0) is 43.5 Å². The van der Waals surface area contributed by atoms with Gasteiger partial charge in [0.05, 0.1) is 0 Å². The number of anilines is 1. The molecule has 0 radical (unpaired) electrons. The van der Waals surface area contributed by atoms with E-state index in [1.807, 2.05) is 6.07 Å². The second kappa shape index (κ2) is 6.93. The summed E-state index contributed by atoms with van der Waals surface area (Å²) in [7, 11) is 0. The molecule has 1 aliphatic heterocycles. The first-order valence-corrected chi connectivity index (χ1v) is 8.01. The van der Waals surface area contributed by atoms with Gasteiger partial charge in [0, 0.05) is 30.9 Å². The summed E-state index contributed by atoms with van der Waals surface area (Å²) in [6, 6.07) is 18.3. The fraction of sp³-hybridized carbons (Fsp3) is 0.368. The molecule has 0 amide bonds. The van der Waals surface area contributed by atoms with Crippen LogP contribution in [0.4, 0.5) is 10.1 Å². The van der Waals surface area contributed by atoms with Gasteiger partial charge in [-0.15, -0.1) is 0 Å². The highest BCUT2D eigenvalue weighted by Crippen LogP contribution is 2.23. The van der Waals surface area contributed by atoms with E-state index in [1.54, 1.807) is 12.1 Å². The minimum absolute atomic E-state index is 0.181. The molecule has 0 spiro atoms. The summed E-state index contributed by atoms with van der Waals surface area (Å²) in [6.45, 7) is 4.36. The Morgan fingerprint density at radius 2 is 1.95 bits per heavy atom. The first-order chi connectivity index (χ1) is 10.7. The maximum absolute atomic E-state index is 13.3. The Labute approximate surface area is 132 Å². The van der Waals surface area contributed by atoms with Crippen molar-refractivity contribution in [2.45, 2.75) is 38.4 Å².